The standard InChI is InChI=1S/C23H25N3O3/c1-25(13-12-17-6-4-3-5-7-17)23(27)22-20-15-29-21(14-26(20)16-24-22)18-8-10-19(28-2)11-9-18/h3-11,16,21H,12-15H2,1-2H3/t21-/m1/s1. The number of benzene rings is 2. The van der Waals surface area contributed by atoms with Gasteiger partial charge in [-0.1, -0.05) is 42.5 Å². The molecule has 0 spiro atoms. The molecule has 1 atom stereocenters. The van der Waals surface area contributed by atoms with Gasteiger partial charge in [-0.05, 0) is 29.7 Å². The van der Waals surface area contributed by atoms with E-state index in [1.807, 2.05) is 54.1 Å². The highest BCUT2D eigenvalue weighted by Crippen LogP contribution is 2.29. The van der Waals surface area contributed by atoms with Crippen molar-refractivity contribution in [2.75, 3.05) is 20.7 Å². The molecule has 0 radical (unpaired) electrons. The summed E-state index contributed by atoms with van der Waals surface area (Å²) in [4.78, 5) is 19.0. The van der Waals surface area contributed by atoms with E-state index < -0.39 is 0 Å². The van der Waals surface area contributed by atoms with Gasteiger partial charge in [0.1, 0.15) is 11.9 Å². The van der Waals surface area contributed by atoms with E-state index in [2.05, 4.69) is 17.1 Å². The maximum absolute atomic E-state index is 12.9. The summed E-state index contributed by atoms with van der Waals surface area (Å²) in [6.07, 6.45) is 2.49. The molecular weight excluding hydrogens is 366 g/mol. The largest absolute Gasteiger partial charge is 0.497 e. The van der Waals surface area contributed by atoms with Crippen LogP contribution in [0.5, 0.6) is 5.75 Å². The molecule has 4 rings (SSSR count). The average Bonchev–Trinajstić information content (AvgIpc) is 3.21. The highest BCUT2D eigenvalue weighted by Gasteiger charge is 2.27. The molecule has 2 heterocycles. The van der Waals surface area contributed by atoms with E-state index in [-0.39, 0.29) is 12.0 Å². The highest BCUT2D eigenvalue weighted by atomic mass is 16.5. The Kier molecular flexibility index (Phi) is 5.62. The second kappa shape index (κ2) is 8.49. The van der Waals surface area contributed by atoms with Gasteiger partial charge in [-0.25, -0.2) is 4.98 Å². The Morgan fingerprint density at radius 3 is 2.69 bits per heavy atom. The molecule has 1 aliphatic heterocycles. The molecular formula is C23H25N3O3. The number of nitrogens with zero attached hydrogens (tertiary/aromatic N) is 3. The first kappa shape index (κ1) is 19.2. The van der Waals surface area contributed by atoms with Crippen LogP contribution in [-0.4, -0.2) is 41.1 Å². The third-order valence-electron chi connectivity index (χ3n) is 5.35. The second-order valence-corrected chi connectivity index (χ2v) is 7.23. The molecule has 2 aromatic carbocycles. The summed E-state index contributed by atoms with van der Waals surface area (Å²) in [6.45, 7) is 1.64. The summed E-state index contributed by atoms with van der Waals surface area (Å²) < 4.78 is 13.3. The van der Waals surface area contributed by atoms with Gasteiger partial charge in [-0.3, -0.25) is 4.79 Å². The van der Waals surface area contributed by atoms with Crippen molar-refractivity contribution in [3.63, 3.8) is 0 Å². The van der Waals surface area contributed by atoms with Crippen molar-refractivity contribution in [1.29, 1.82) is 0 Å². The quantitative estimate of drug-likeness (QED) is 0.646. The minimum absolute atomic E-state index is 0.0682. The lowest BCUT2D eigenvalue weighted by atomic mass is 10.1. The lowest BCUT2D eigenvalue weighted by Crippen LogP contribution is -2.31. The zero-order valence-electron chi connectivity index (χ0n) is 16.7. The Bertz CT molecular complexity index is 967. The van der Waals surface area contributed by atoms with E-state index in [9.17, 15) is 4.79 Å². The minimum atomic E-state index is -0.0684. The van der Waals surface area contributed by atoms with E-state index in [1.54, 1.807) is 18.3 Å². The fourth-order valence-corrected chi connectivity index (χ4v) is 3.55. The lowest BCUT2D eigenvalue weighted by Gasteiger charge is -2.26. The zero-order chi connectivity index (χ0) is 20.2. The minimum Gasteiger partial charge on any atom is -0.497 e. The maximum Gasteiger partial charge on any atom is 0.274 e. The van der Waals surface area contributed by atoms with E-state index in [1.165, 1.54) is 5.56 Å². The van der Waals surface area contributed by atoms with Gasteiger partial charge in [0.2, 0.25) is 0 Å². The number of carbonyl (C=O) groups is 1. The summed E-state index contributed by atoms with van der Waals surface area (Å²) in [6, 6.07) is 18.0. The summed E-state index contributed by atoms with van der Waals surface area (Å²) in [5.74, 6) is 0.750. The SMILES string of the molecule is COc1ccc([C@H]2Cn3cnc(C(=O)N(C)CCc4ccccc4)c3CO2)cc1. The monoisotopic (exact) mass is 391 g/mol. The van der Waals surface area contributed by atoms with Crippen molar-refractivity contribution in [1.82, 2.24) is 14.5 Å². The van der Waals surface area contributed by atoms with E-state index in [0.717, 1.165) is 23.4 Å². The number of imidazole rings is 1. The normalized spacial score (nSPS) is 15.6. The van der Waals surface area contributed by atoms with Gasteiger partial charge in [0.25, 0.3) is 5.91 Å². The van der Waals surface area contributed by atoms with Gasteiger partial charge < -0.3 is 18.9 Å². The number of rotatable bonds is 6. The van der Waals surface area contributed by atoms with Gasteiger partial charge in [0, 0.05) is 13.6 Å². The molecule has 0 saturated carbocycles. The zero-order valence-corrected chi connectivity index (χ0v) is 16.7. The Morgan fingerprint density at radius 2 is 1.97 bits per heavy atom. The number of fused-ring (bicyclic) bond motifs is 1. The Morgan fingerprint density at radius 1 is 1.21 bits per heavy atom. The first-order chi connectivity index (χ1) is 14.2. The van der Waals surface area contributed by atoms with Crippen LogP contribution in [0.2, 0.25) is 0 Å². The van der Waals surface area contributed by atoms with Crippen LogP contribution < -0.4 is 4.74 Å². The van der Waals surface area contributed by atoms with Crippen molar-refractivity contribution in [2.45, 2.75) is 25.7 Å². The summed E-state index contributed by atoms with van der Waals surface area (Å²) >= 11 is 0. The molecule has 0 fully saturated rings. The van der Waals surface area contributed by atoms with Gasteiger partial charge >= 0.3 is 0 Å². The Balaban J connectivity index is 1.42. The van der Waals surface area contributed by atoms with E-state index >= 15 is 0 Å². The fraction of sp³-hybridized carbons (Fsp3) is 0.304. The fourth-order valence-electron chi connectivity index (χ4n) is 3.55. The van der Waals surface area contributed by atoms with E-state index in [0.29, 0.717) is 25.4 Å². The van der Waals surface area contributed by atoms with Crippen LogP contribution in [0.15, 0.2) is 60.9 Å². The topological polar surface area (TPSA) is 56.6 Å². The first-order valence-corrected chi connectivity index (χ1v) is 9.74. The van der Waals surface area contributed by atoms with Crippen LogP contribution >= 0.6 is 0 Å². The third-order valence-corrected chi connectivity index (χ3v) is 5.35. The maximum atomic E-state index is 12.9. The van der Waals surface area contributed by atoms with Crippen molar-refractivity contribution < 1.29 is 14.3 Å². The van der Waals surface area contributed by atoms with Gasteiger partial charge in [0.05, 0.1) is 32.3 Å². The number of aromatic nitrogens is 2. The summed E-state index contributed by atoms with van der Waals surface area (Å²) in [5.41, 5.74) is 3.61. The number of hydrogen-bond acceptors (Lipinski definition) is 4. The van der Waals surface area contributed by atoms with E-state index in [4.69, 9.17) is 9.47 Å². The Labute approximate surface area is 170 Å². The molecule has 150 valence electrons. The van der Waals surface area contributed by atoms with Crippen molar-refractivity contribution in [3.8, 4) is 5.75 Å². The van der Waals surface area contributed by atoms with Crippen LogP contribution in [0, 0.1) is 0 Å². The van der Waals surface area contributed by atoms with Crippen molar-refractivity contribution in [2.24, 2.45) is 0 Å². The molecule has 1 amide bonds. The highest BCUT2D eigenvalue weighted by molar-refractivity contribution is 5.93. The van der Waals surface area contributed by atoms with Gasteiger partial charge in [0.15, 0.2) is 5.69 Å². The number of likely N-dealkylation sites (N-methyl/N-ethyl adjacent to an activating group) is 1. The van der Waals surface area contributed by atoms with Gasteiger partial charge in [-0.15, -0.1) is 0 Å². The molecule has 6 heteroatoms. The number of hydrogen-bond donors (Lipinski definition) is 0. The smallest absolute Gasteiger partial charge is 0.274 e. The summed E-state index contributed by atoms with van der Waals surface area (Å²) in [5, 5.41) is 0. The van der Waals surface area contributed by atoms with Crippen molar-refractivity contribution in [3.05, 3.63) is 83.4 Å². The number of amides is 1. The van der Waals surface area contributed by atoms with Crippen LogP contribution in [0.1, 0.15) is 33.4 Å². The number of carbonyl (C=O) groups excluding carboxylic acids is 1. The second-order valence-electron chi connectivity index (χ2n) is 7.23. The molecule has 1 aromatic heterocycles. The van der Waals surface area contributed by atoms with Gasteiger partial charge in [-0.2, -0.15) is 0 Å². The van der Waals surface area contributed by atoms with Crippen LogP contribution in [-0.2, 0) is 24.3 Å². The molecule has 29 heavy (non-hydrogen) atoms. The predicted octanol–water partition coefficient (Wildman–Crippen LogP) is 3.48. The Hall–Kier alpha value is -3.12. The molecule has 3 aromatic rings. The molecule has 6 nitrogen and oxygen atoms in total. The molecule has 0 unspecified atom stereocenters. The third kappa shape index (κ3) is 4.17. The predicted molar refractivity (Wildman–Crippen MR) is 110 cm³/mol. The van der Waals surface area contributed by atoms with Crippen molar-refractivity contribution >= 4 is 5.91 Å². The molecule has 0 aliphatic carbocycles. The number of methoxy groups -OCH3 is 1. The number of ether oxygens (including phenoxy) is 2. The molecule has 1 aliphatic rings. The molecule has 0 bridgehead atoms. The first-order valence-electron chi connectivity index (χ1n) is 9.74. The molecule has 0 N–H and O–H groups in total. The molecule has 0 saturated heterocycles. The van der Waals surface area contributed by atoms with Crippen LogP contribution in [0.4, 0.5) is 0 Å². The lowest BCUT2D eigenvalue weighted by molar-refractivity contribution is 0.00237. The van der Waals surface area contributed by atoms with Crippen LogP contribution in [0.25, 0.3) is 0 Å². The summed E-state index contributed by atoms with van der Waals surface area (Å²) in [7, 11) is 3.47. The van der Waals surface area contributed by atoms with Crippen LogP contribution in [0.3, 0.4) is 0 Å². The average molecular weight is 391 g/mol.